The van der Waals surface area contributed by atoms with Crippen molar-refractivity contribution in [1.82, 2.24) is 20.2 Å². The number of para-hydroxylation sites is 1. The first kappa shape index (κ1) is 17.0. The van der Waals surface area contributed by atoms with Crippen molar-refractivity contribution in [2.24, 2.45) is 0 Å². The molecule has 1 aromatic carbocycles. The van der Waals surface area contributed by atoms with Gasteiger partial charge in [0.1, 0.15) is 5.82 Å². The molecule has 7 heteroatoms. The van der Waals surface area contributed by atoms with E-state index in [9.17, 15) is 9.59 Å². The minimum Gasteiger partial charge on any atom is -0.341 e. The number of carbonyl (C=O) groups excluding carboxylic acids is 1. The van der Waals surface area contributed by atoms with Gasteiger partial charge in [-0.3, -0.25) is 9.59 Å². The van der Waals surface area contributed by atoms with E-state index in [1.54, 1.807) is 17.8 Å². The normalized spacial score (nSPS) is 15.4. The molecule has 24 heavy (non-hydrogen) atoms. The van der Waals surface area contributed by atoms with E-state index >= 15 is 0 Å². The number of rotatable bonds is 5. The van der Waals surface area contributed by atoms with Gasteiger partial charge in [-0.25, -0.2) is 4.98 Å². The second-order valence-electron chi connectivity index (χ2n) is 5.82. The number of carbonyl (C=O) groups is 1. The summed E-state index contributed by atoms with van der Waals surface area (Å²) in [7, 11) is 0. The van der Waals surface area contributed by atoms with Gasteiger partial charge in [0.2, 0.25) is 5.91 Å². The number of benzene rings is 1. The Morgan fingerprint density at radius 1 is 1.25 bits per heavy atom. The highest BCUT2D eigenvalue weighted by molar-refractivity contribution is 7.98. The van der Waals surface area contributed by atoms with Gasteiger partial charge in [-0.2, -0.15) is 11.8 Å². The second-order valence-corrected chi connectivity index (χ2v) is 6.92. The maximum absolute atomic E-state index is 12.2. The number of amides is 1. The first-order chi connectivity index (χ1) is 11.7. The summed E-state index contributed by atoms with van der Waals surface area (Å²) in [5.74, 6) is 2.22. The third-order valence-corrected chi connectivity index (χ3v) is 5.02. The van der Waals surface area contributed by atoms with Crippen LogP contribution in [0.5, 0.6) is 0 Å². The van der Waals surface area contributed by atoms with Crippen molar-refractivity contribution in [1.29, 1.82) is 0 Å². The monoisotopic (exact) mass is 346 g/mol. The topological polar surface area (TPSA) is 78.1 Å². The van der Waals surface area contributed by atoms with Crippen LogP contribution in [0.1, 0.15) is 18.7 Å². The molecular formula is C17H22N4O2S. The molecule has 0 saturated carbocycles. The highest BCUT2D eigenvalue weighted by Crippen LogP contribution is 2.13. The number of thioether (sulfide) groups is 1. The Balaban J connectivity index is 1.49. The zero-order valence-electron chi connectivity index (χ0n) is 13.6. The Bertz CT molecular complexity index is 754. The van der Waals surface area contributed by atoms with Crippen LogP contribution in [0, 0.1) is 0 Å². The molecular weight excluding hydrogens is 324 g/mol. The molecule has 128 valence electrons. The molecule has 1 aliphatic heterocycles. The lowest BCUT2D eigenvalue weighted by molar-refractivity contribution is -0.130. The number of hydrogen-bond donors (Lipinski definition) is 2. The Kier molecular flexibility index (Phi) is 5.87. The fourth-order valence-corrected chi connectivity index (χ4v) is 3.58. The van der Waals surface area contributed by atoms with E-state index in [-0.39, 0.29) is 11.5 Å². The zero-order chi connectivity index (χ0) is 16.8. The Hall–Kier alpha value is -1.86. The molecule has 3 rings (SSSR count). The second kappa shape index (κ2) is 8.30. The largest absolute Gasteiger partial charge is 0.341 e. The van der Waals surface area contributed by atoms with Crippen molar-refractivity contribution in [2.75, 3.05) is 31.9 Å². The lowest BCUT2D eigenvalue weighted by atomic mass is 10.2. The molecule has 0 radical (unpaired) electrons. The van der Waals surface area contributed by atoms with E-state index in [0.29, 0.717) is 28.9 Å². The van der Waals surface area contributed by atoms with E-state index in [0.717, 1.165) is 38.4 Å². The zero-order valence-corrected chi connectivity index (χ0v) is 14.4. The molecule has 1 aromatic heterocycles. The van der Waals surface area contributed by atoms with Crippen molar-refractivity contribution >= 4 is 28.6 Å². The Morgan fingerprint density at radius 2 is 2.12 bits per heavy atom. The summed E-state index contributed by atoms with van der Waals surface area (Å²) in [6, 6.07) is 7.32. The number of fused-ring (bicyclic) bond motifs is 1. The molecule has 1 saturated heterocycles. The van der Waals surface area contributed by atoms with Gasteiger partial charge in [0.15, 0.2) is 0 Å². The van der Waals surface area contributed by atoms with Gasteiger partial charge in [-0.15, -0.1) is 0 Å². The van der Waals surface area contributed by atoms with Crippen molar-refractivity contribution < 1.29 is 4.79 Å². The number of H-pyrrole nitrogens is 1. The smallest absolute Gasteiger partial charge is 0.258 e. The van der Waals surface area contributed by atoms with Crippen molar-refractivity contribution in [3.63, 3.8) is 0 Å². The molecule has 2 N–H and O–H groups in total. The van der Waals surface area contributed by atoms with Crippen molar-refractivity contribution in [2.45, 2.75) is 18.6 Å². The molecule has 0 atom stereocenters. The quantitative estimate of drug-likeness (QED) is 0.800. The first-order valence-corrected chi connectivity index (χ1v) is 9.44. The standard InChI is InChI=1S/C17H22N4O2S/c22-16(21-9-3-7-18-8-10-21)6-11-24-12-15-19-14-5-2-1-4-13(14)17(23)20-15/h1-2,4-5,18H,3,6-12H2,(H,19,20,23). The molecule has 0 spiro atoms. The van der Waals surface area contributed by atoms with Crippen LogP contribution < -0.4 is 10.9 Å². The van der Waals surface area contributed by atoms with E-state index in [1.807, 2.05) is 23.1 Å². The van der Waals surface area contributed by atoms with Crippen LogP contribution in [0.2, 0.25) is 0 Å². The van der Waals surface area contributed by atoms with Gasteiger partial charge in [0.05, 0.1) is 16.7 Å². The fourth-order valence-electron chi connectivity index (χ4n) is 2.78. The molecule has 1 aliphatic rings. The summed E-state index contributed by atoms with van der Waals surface area (Å²) in [5, 5.41) is 3.91. The third kappa shape index (κ3) is 4.36. The Labute approximate surface area is 145 Å². The predicted octanol–water partition coefficient (Wildman–Crippen LogP) is 1.37. The number of aromatic amines is 1. The minimum absolute atomic E-state index is 0.107. The summed E-state index contributed by atoms with van der Waals surface area (Å²) < 4.78 is 0. The van der Waals surface area contributed by atoms with Crippen LogP contribution >= 0.6 is 11.8 Å². The maximum Gasteiger partial charge on any atom is 0.258 e. The van der Waals surface area contributed by atoms with Gasteiger partial charge >= 0.3 is 0 Å². The van der Waals surface area contributed by atoms with Gasteiger partial charge in [-0.05, 0) is 25.1 Å². The van der Waals surface area contributed by atoms with E-state index in [1.165, 1.54) is 0 Å². The summed E-state index contributed by atoms with van der Waals surface area (Å²) in [4.78, 5) is 33.4. The lowest BCUT2D eigenvalue weighted by Crippen LogP contribution is -2.34. The first-order valence-electron chi connectivity index (χ1n) is 8.28. The SMILES string of the molecule is O=C(CCSCc1nc2ccccc2c(=O)[nH]1)N1CCCNCC1. The lowest BCUT2D eigenvalue weighted by Gasteiger charge is -2.19. The molecule has 2 aromatic rings. The molecule has 0 bridgehead atoms. The van der Waals surface area contributed by atoms with Gasteiger partial charge in [0.25, 0.3) is 5.56 Å². The predicted molar refractivity (Wildman–Crippen MR) is 97.2 cm³/mol. The number of nitrogens with zero attached hydrogens (tertiary/aromatic N) is 2. The molecule has 0 aliphatic carbocycles. The molecule has 1 amide bonds. The van der Waals surface area contributed by atoms with E-state index < -0.39 is 0 Å². The summed E-state index contributed by atoms with van der Waals surface area (Å²) in [6.07, 6.45) is 1.55. The highest BCUT2D eigenvalue weighted by atomic mass is 32.2. The molecule has 0 unspecified atom stereocenters. The summed E-state index contributed by atoms with van der Waals surface area (Å²) in [5.41, 5.74) is 0.606. The van der Waals surface area contributed by atoms with Crippen LogP contribution in [0.25, 0.3) is 10.9 Å². The van der Waals surface area contributed by atoms with Crippen LogP contribution in [0.15, 0.2) is 29.1 Å². The average Bonchev–Trinajstić information content (AvgIpc) is 2.88. The van der Waals surface area contributed by atoms with Crippen LogP contribution in [0.3, 0.4) is 0 Å². The fraction of sp³-hybridized carbons (Fsp3) is 0.471. The average molecular weight is 346 g/mol. The van der Waals surface area contributed by atoms with E-state index in [4.69, 9.17) is 0 Å². The van der Waals surface area contributed by atoms with Crippen LogP contribution in [0.4, 0.5) is 0 Å². The third-order valence-electron chi connectivity index (χ3n) is 4.05. The van der Waals surface area contributed by atoms with Gasteiger partial charge in [-0.1, -0.05) is 12.1 Å². The summed E-state index contributed by atoms with van der Waals surface area (Å²) >= 11 is 1.63. The highest BCUT2D eigenvalue weighted by Gasteiger charge is 2.14. The van der Waals surface area contributed by atoms with Gasteiger partial charge in [0, 0.05) is 31.8 Å². The maximum atomic E-state index is 12.2. The molecule has 1 fully saturated rings. The number of aromatic nitrogens is 2. The molecule has 6 nitrogen and oxygen atoms in total. The van der Waals surface area contributed by atoms with Crippen LogP contribution in [-0.4, -0.2) is 52.7 Å². The summed E-state index contributed by atoms with van der Waals surface area (Å²) in [6.45, 7) is 3.50. The van der Waals surface area contributed by atoms with Crippen molar-refractivity contribution in [3.05, 3.63) is 40.4 Å². The van der Waals surface area contributed by atoms with Crippen molar-refractivity contribution in [3.8, 4) is 0 Å². The van der Waals surface area contributed by atoms with Crippen LogP contribution in [-0.2, 0) is 10.5 Å². The minimum atomic E-state index is -0.107. The molecule has 2 heterocycles. The Morgan fingerprint density at radius 3 is 3.04 bits per heavy atom. The number of hydrogen-bond acceptors (Lipinski definition) is 5. The number of nitrogens with one attached hydrogen (secondary N) is 2. The van der Waals surface area contributed by atoms with E-state index in [2.05, 4.69) is 15.3 Å². The van der Waals surface area contributed by atoms with Gasteiger partial charge < -0.3 is 15.2 Å².